The van der Waals surface area contributed by atoms with E-state index < -0.39 is 0 Å². The molecule has 172 valence electrons. The molecule has 1 atom stereocenters. The van der Waals surface area contributed by atoms with Gasteiger partial charge in [0.1, 0.15) is 0 Å². The minimum Gasteiger partial charge on any atom is -0.322 e. The van der Waals surface area contributed by atoms with Gasteiger partial charge in [-0.15, -0.1) is 0 Å². The van der Waals surface area contributed by atoms with Gasteiger partial charge in [0.15, 0.2) is 5.16 Å². The van der Waals surface area contributed by atoms with E-state index in [1.54, 1.807) is 5.01 Å². The average Bonchev–Trinajstić information content (AvgIpc) is 3.50. The monoisotopic (exact) mass is 476 g/mol. The third-order valence-corrected chi connectivity index (χ3v) is 7.52. The van der Waals surface area contributed by atoms with Crippen molar-refractivity contribution in [3.63, 3.8) is 0 Å². The van der Waals surface area contributed by atoms with E-state index in [1.807, 2.05) is 66.2 Å². The van der Waals surface area contributed by atoms with Crippen molar-refractivity contribution in [1.29, 1.82) is 0 Å². The average molecular weight is 477 g/mol. The van der Waals surface area contributed by atoms with Gasteiger partial charge in [-0.25, -0.2) is 9.99 Å². The molecule has 1 aliphatic heterocycles. The number of hydrogen-bond acceptors (Lipinski definition) is 4. The highest BCUT2D eigenvalue weighted by Crippen LogP contribution is 2.34. The Labute approximate surface area is 208 Å². The van der Waals surface area contributed by atoms with Crippen LogP contribution in [-0.4, -0.2) is 31.9 Å². The number of rotatable bonds is 5. The van der Waals surface area contributed by atoms with Gasteiger partial charge in [-0.1, -0.05) is 90.6 Å². The minimum atomic E-state index is -0.119. The van der Waals surface area contributed by atoms with Crippen molar-refractivity contribution in [2.45, 2.75) is 17.6 Å². The SMILES string of the molecule is Cn1c(SCC(=O)N2N=C(c3ccc4ccccc4c3)C[C@@H]2c2ccccc2)nc2ccccc21. The van der Waals surface area contributed by atoms with Gasteiger partial charge in [-0.3, -0.25) is 4.79 Å². The number of para-hydroxylation sites is 2. The molecular formula is C29H24N4OS. The highest BCUT2D eigenvalue weighted by molar-refractivity contribution is 7.99. The van der Waals surface area contributed by atoms with Crippen molar-refractivity contribution >= 4 is 45.2 Å². The quantitative estimate of drug-likeness (QED) is 0.284. The molecule has 6 heteroatoms. The number of thioether (sulfide) groups is 1. The molecule has 0 radical (unpaired) electrons. The van der Waals surface area contributed by atoms with Crippen molar-refractivity contribution in [2.24, 2.45) is 12.1 Å². The first-order valence-electron chi connectivity index (χ1n) is 11.7. The molecule has 4 aromatic carbocycles. The topological polar surface area (TPSA) is 50.5 Å². The molecule has 0 unspecified atom stereocenters. The molecule has 0 bridgehead atoms. The molecule has 1 aromatic heterocycles. The molecule has 1 amide bonds. The summed E-state index contributed by atoms with van der Waals surface area (Å²) in [5.41, 5.74) is 5.08. The second kappa shape index (κ2) is 9.04. The maximum atomic E-state index is 13.5. The maximum absolute atomic E-state index is 13.5. The maximum Gasteiger partial charge on any atom is 0.253 e. The fourth-order valence-corrected chi connectivity index (χ4v) is 5.50. The first-order chi connectivity index (χ1) is 17.2. The predicted octanol–water partition coefficient (Wildman–Crippen LogP) is 6.20. The third kappa shape index (κ3) is 4.10. The van der Waals surface area contributed by atoms with Gasteiger partial charge >= 0.3 is 0 Å². The molecule has 5 aromatic rings. The van der Waals surface area contributed by atoms with E-state index in [0.29, 0.717) is 6.42 Å². The second-order valence-electron chi connectivity index (χ2n) is 8.71. The summed E-state index contributed by atoms with van der Waals surface area (Å²) >= 11 is 1.46. The molecule has 0 fully saturated rings. The Morgan fingerprint density at radius 3 is 2.49 bits per heavy atom. The number of hydrogen-bond donors (Lipinski definition) is 0. The number of nitrogens with zero attached hydrogens (tertiary/aromatic N) is 4. The minimum absolute atomic E-state index is 0.0216. The molecular weight excluding hydrogens is 452 g/mol. The van der Waals surface area contributed by atoms with Crippen molar-refractivity contribution < 1.29 is 4.79 Å². The van der Waals surface area contributed by atoms with E-state index in [2.05, 4.69) is 42.5 Å². The van der Waals surface area contributed by atoms with Crippen molar-refractivity contribution in [2.75, 3.05) is 5.75 Å². The summed E-state index contributed by atoms with van der Waals surface area (Å²) in [5, 5.41) is 9.73. The van der Waals surface area contributed by atoms with Gasteiger partial charge in [0, 0.05) is 13.5 Å². The number of amides is 1. The van der Waals surface area contributed by atoms with Crippen molar-refractivity contribution in [3.05, 3.63) is 108 Å². The number of benzene rings is 4. The Hall–Kier alpha value is -3.90. The smallest absolute Gasteiger partial charge is 0.253 e. The zero-order chi connectivity index (χ0) is 23.8. The Kier molecular flexibility index (Phi) is 5.58. The Morgan fingerprint density at radius 2 is 1.66 bits per heavy atom. The van der Waals surface area contributed by atoms with Crippen LogP contribution in [-0.2, 0) is 11.8 Å². The summed E-state index contributed by atoms with van der Waals surface area (Å²) in [4.78, 5) is 18.2. The van der Waals surface area contributed by atoms with Crippen LogP contribution in [0.3, 0.4) is 0 Å². The third-order valence-electron chi connectivity index (χ3n) is 6.50. The van der Waals surface area contributed by atoms with Crippen LogP contribution in [0.2, 0.25) is 0 Å². The van der Waals surface area contributed by atoms with Crippen LogP contribution < -0.4 is 0 Å². The molecule has 6 rings (SSSR count). The fourth-order valence-electron chi connectivity index (χ4n) is 4.66. The van der Waals surface area contributed by atoms with Crippen LogP contribution in [0.1, 0.15) is 23.6 Å². The van der Waals surface area contributed by atoms with Crippen LogP contribution in [0.25, 0.3) is 21.8 Å². The van der Waals surface area contributed by atoms with E-state index >= 15 is 0 Å². The lowest BCUT2D eigenvalue weighted by atomic mass is 9.97. The number of carbonyl (C=O) groups excluding carboxylic acids is 1. The fraction of sp³-hybridized carbons (Fsp3) is 0.138. The lowest BCUT2D eigenvalue weighted by Gasteiger charge is -2.21. The second-order valence-corrected chi connectivity index (χ2v) is 9.65. The van der Waals surface area contributed by atoms with E-state index in [0.717, 1.165) is 33.0 Å². The molecule has 0 N–H and O–H groups in total. The number of fused-ring (bicyclic) bond motifs is 2. The van der Waals surface area contributed by atoms with Crippen LogP contribution in [0, 0.1) is 0 Å². The van der Waals surface area contributed by atoms with E-state index in [9.17, 15) is 4.79 Å². The van der Waals surface area contributed by atoms with Gasteiger partial charge in [0.2, 0.25) is 0 Å². The molecule has 1 aliphatic rings. The Morgan fingerprint density at radius 1 is 0.914 bits per heavy atom. The largest absolute Gasteiger partial charge is 0.322 e. The predicted molar refractivity (Wildman–Crippen MR) is 143 cm³/mol. The number of hydrazone groups is 1. The standard InChI is InChI=1S/C29H24N4OS/c1-32-26-14-8-7-13-24(26)30-29(32)35-19-28(34)33-27(21-10-3-2-4-11-21)18-25(31-33)23-16-15-20-9-5-6-12-22(20)17-23/h2-17,27H,18-19H2,1H3/t27-/m1/s1. The molecule has 35 heavy (non-hydrogen) atoms. The highest BCUT2D eigenvalue weighted by Gasteiger charge is 2.33. The zero-order valence-corrected chi connectivity index (χ0v) is 20.2. The zero-order valence-electron chi connectivity index (χ0n) is 19.3. The summed E-state index contributed by atoms with van der Waals surface area (Å²) in [6.07, 6.45) is 0.686. The Bertz CT molecular complexity index is 1570. The summed E-state index contributed by atoms with van der Waals surface area (Å²) in [7, 11) is 1.99. The first kappa shape index (κ1) is 21.6. The van der Waals surface area contributed by atoms with Crippen LogP contribution in [0.5, 0.6) is 0 Å². The highest BCUT2D eigenvalue weighted by atomic mass is 32.2. The van der Waals surface area contributed by atoms with Gasteiger partial charge in [0.25, 0.3) is 5.91 Å². The van der Waals surface area contributed by atoms with Crippen molar-refractivity contribution in [1.82, 2.24) is 14.6 Å². The van der Waals surface area contributed by atoms with Crippen molar-refractivity contribution in [3.8, 4) is 0 Å². The van der Waals surface area contributed by atoms with E-state index in [-0.39, 0.29) is 17.7 Å². The summed E-state index contributed by atoms with van der Waals surface area (Å²) in [6, 6.07) is 32.8. The lowest BCUT2D eigenvalue weighted by molar-refractivity contribution is -0.130. The number of aryl methyl sites for hydroxylation is 1. The van der Waals surface area contributed by atoms with Gasteiger partial charge in [-0.2, -0.15) is 5.10 Å². The summed E-state index contributed by atoms with van der Waals surface area (Å²) in [5.74, 6) is 0.251. The molecule has 0 spiro atoms. The first-order valence-corrected chi connectivity index (χ1v) is 12.6. The molecule has 0 saturated carbocycles. The molecule has 0 saturated heterocycles. The molecule has 0 aliphatic carbocycles. The Balaban J connectivity index is 1.29. The van der Waals surface area contributed by atoms with E-state index in [4.69, 9.17) is 10.1 Å². The molecule has 5 nitrogen and oxygen atoms in total. The summed E-state index contributed by atoms with van der Waals surface area (Å²) < 4.78 is 2.04. The van der Waals surface area contributed by atoms with Gasteiger partial charge in [0.05, 0.1) is 28.5 Å². The van der Waals surface area contributed by atoms with E-state index in [1.165, 1.54) is 22.5 Å². The van der Waals surface area contributed by atoms with Crippen LogP contribution >= 0.6 is 11.8 Å². The lowest BCUT2D eigenvalue weighted by Crippen LogP contribution is -2.28. The number of aromatic nitrogens is 2. The number of carbonyl (C=O) groups is 1. The van der Waals surface area contributed by atoms with Gasteiger partial charge < -0.3 is 4.57 Å². The number of imidazole rings is 1. The van der Waals surface area contributed by atoms with Gasteiger partial charge in [-0.05, 0) is 40.1 Å². The van der Waals surface area contributed by atoms with Crippen LogP contribution in [0.4, 0.5) is 0 Å². The van der Waals surface area contributed by atoms with Crippen LogP contribution in [0.15, 0.2) is 107 Å². The summed E-state index contributed by atoms with van der Waals surface area (Å²) in [6.45, 7) is 0. The normalized spacial score (nSPS) is 15.6. The molecule has 2 heterocycles.